The van der Waals surface area contributed by atoms with Gasteiger partial charge in [-0.3, -0.25) is 0 Å². The number of halogens is 1. The first-order valence-electron chi connectivity index (χ1n) is 6.78. The van der Waals surface area contributed by atoms with Gasteiger partial charge in [0.25, 0.3) is 0 Å². The van der Waals surface area contributed by atoms with E-state index < -0.39 is 0 Å². The van der Waals surface area contributed by atoms with E-state index >= 15 is 0 Å². The molecule has 0 saturated heterocycles. The Kier molecular flexibility index (Phi) is 3.61. The van der Waals surface area contributed by atoms with Crippen LogP contribution in [0.2, 0.25) is 0 Å². The van der Waals surface area contributed by atoms with Gasteiger partial charge >= 0.3 is 0 Å². The summed E-state index contributed by atoms with van der Waals surface area (Å²) in [5.41, 5.74) is 14.4. The molecule has 1 heterocycles. The van der Waals surface area contributed by atoms with Gasteiger partial charge < -0.3 is 11.5 Å². The first kappa shape index (κ1) is 14.5. The molecule has 0 aliphatic rings. The predicted molar refractivity (Wildman–Crippen MR) is 86.4 cm³/mol. The summed E-state index contributed by atoms with van der Waals surface area (Å²) in [5.74, 6) is -0.215. The Morgan fingerprint density at radius 2 is 1.35 bits per heavy atom. The highest BCUT2D eigenvalue weighted by atomic mass is 19.1. The van der Waals surface area contributed by atoms with E-state index in [-0.39, 0.29) is 23.1 Å². The minimum atomic E-state index is -0.282. The SMILES string of the molecule is N#Cc1c(N)nc(N)nc1-c1ccc(-c2ccc(F)cc2)cc1. The number of rotatable bonds is 2. The lowest BCUT2D eigenvalue weighted by atomic mass is 10.0. The monoisotopic (exact) mass is 305 g/mol. The molecule has 0 spiro atoms. The second kappa shape index (κ2) is 5.73. The van der Waals surface area contributed by atoms with Crippen LogP contribution in [0.3, 0.4) is 0 Å². The van der Waals surface area contributed by atoms with E-state index in [1.165, 1.54) is 12.1 Å². The van der Waals surface area contributed by atoms with E-state index in [4.69, 9.17) is 11.5 Å². The normalized spacial score (nSPS) is 10.3. The van der Waals surface area contributed by atoms with Crippen molar-refractivity contribution in [1.29, 1.82) is 5.26 Å². The molecule has 112 valence electrons. The Bertz CT molecular complexity index is 896. The summed E-state index contributed by atoms with van der Waals surface area (Å²) in [7, 11) is 0. The maximum atomic E-state index is 13.0. The van der Waals surface area contributed by atoms with Crippen LogP contribution in [0.15, 0.2) is 48.5 Å². The molecule has 0 unspecified atom stereocenters. The number of nitriles is 1. The first-order valence-corrected chi connectivity index (χ1v) is 6.78. The third kappa shape index (κ3) is 2.80. The highest BCUT2D eigenvalue weighted by Crippen LogP contribution is 2.28. The summed E-state index contributed by atoms with van der Waals surface area (Å²) in [6, 6.07) is 15.5. The summed E-state index contributed by atoms with van der Waals surface area (Å²) in [4.78, 5) is 7.89. The van der Waals surface area contributed by atoms with E-state index in [0.717, 1.165) is 11.1 Å². The Morgan fingerprint density at radius 1 is 0.826 bits per heavy atom. The lowest BCUT2D eigenvalue weighted by Gasteiger charge is -2.08. The Labute approximate surface area is 132 Å². The molecule has 0 bridgehead atoms. The van der Waals surface area contributed by atoms with Crippen molar-refractivity contribution in [3.63, 3.8) is 0 Å². The van der Waals surface area contributed by atoms with Crippen molar-refractivity contribution in [2.75, 3.05) is 11.5 Å². The molecule has 0 aliphatic heterocycles. The van der Waals surface area contributed by atoms with Crippen LogP contribution in [0.1, 0.15) is 5.56 Å². The smallest absolute Gasteiger partial charge is 0.222 e. The van der Waals surface area contributed by atoms with Crippen molar-refractivity contribution in [1.82, 2.24) is 9.97 Å². The largest absolute Gasteiger partial charge is 0.382 e. The minimum Gasteiger partial charge on any atom is -0.382 e. The molecule has 0 fully saturated rings. The topological polar surface area (TPSA) is 102 Å². The third-order valence-corrected chi connectivity index (χ3v) is 3.40. The van der Waals surface area contributed by atoms with Crippen LogP contribution in [0.25, 0.3) is 22.4 Å². The summed E-state index contributed by atoms with van der Waals surface area (Å²) in [6.07, 6.45) is 0. The van der Waals surface area contributed by atoms with Crippen LogP contribution in [-0.4, -0.2) is 9.97 Å². The fourth-order valence-electron chi connectivity index (χ4n) is 2.28. The Balaban J connectivity index is 2.04. The number of nitrogens with zero attached hydrogens (tertiary/aromatic N) is 3. The maximum absolute atomic E-state index is 13.0. The molecule has 1 aromatic heterocycles. The standard InChI is InChI=1S/C17H12FN5/c18-13-7-5-11(6-8-13)10-1-3-12(4-2-10)15-14(9-19)16(20)23-17(21)22-15/h1-8H,(H4,20,21,22,23). The van der Waals surface area contributed by atoms with Gasteiger partial charge in [0.2, 0.25) is 5.95 Å². The van der Waals surface area contributed by atoms with Gasteiger partial charge in [0, 0.05) is 5.56 Å². The van der Waals surface area contributed by atoms with Gasteiger partial charge in [-0.15, -0.1) is 0 Å². The molecule has 0 radical (unpaired) electrons. The van der Waals surface area contributed by atoms with Crippen LogP contribution in [-0.2, 0) is 0 Å². The molecule has 0 atom stereocenters. The predicted octanol–water partition coefficient (Wildman–Crippen LogP) is 2.99. The summed E-state index contributed by atoms with van der Waals surface area (Å²) >= 11 is 0. The van der Waals surface area contributed by atoms with E-state index in [1.54, 1.807) is 24.3 Å². The van der Waals surface area contributed by atoms with Crippen LogP contribution in [0.5, 0.6) is 0 Å². The lowest BCUT2D eigenvalue weighted by molar-refractivity contribution is 0.628. The van der Waals surface area contributed by atoms with E-state index in [0.29, 0.717) is 11.3 Å². The van der Waals surface area contributed by atoms with Gasteiger partial charge in [-0.1, -0.05) is 36.4 Å². The van der Waals surface area contributed by atoms with E-state index in [2.05, 4.69) is 9.97 Å². The number of benzene rings is 2. The lowest BCUT2D eigenvalue weighted by Crippen LogP contribution is -2.04. The van der Waals surface area contributed by atoms with Crippen molar-refractivity contribution in [2.45, 2.75) is 0 Å². The molecule has 0 saturated carbocycles. The van der Waals surface area contributed by atoms with Gasteiger partial charge in [-0.25, -0.2) is 9.37 Å². The molecule has 0 aliphatic carbocycles. The number of anilines is 2. The molecular weight excluding hydrogens is 293 g/mol. The van der Waals surface area contributed by atoms with Gasteiger partial charge in [-0.2, -0.15) is 10.2 Å². The number of nitrogens with two attached hydrogens (primary N) is 2. The van der Waals surface area contributed by atoms with Crippen LogP contribution < -0.4 is 11.5 Å². The molecule has 5 nitrogen and oxygen atoms in total. The van der Waals surface area contributed by atoms with Crippen molar-refractivity contribution in [2.24, 2.45) is 0 Å². The zero-order valence-corrected chi connectivity index (χ0v) is 12.0. The zero-order valence-electron chi connectivity index (χ0n) is 12.0. The summed E-state index contributed by atoms with van der Waals surface area (Å²) < 4.78 is 13.0. The molecule has 0 amide bonds. The summed E-state index contributed by atoms with van der Waals surface area (Å²) in [5, 5.41) is 9.22. The van der Waals surface area contributed by atoms with Crippen LogP contribution >= 0.6 is 0 Å². The van der Waals surface area contributed by atoms with Crippen molar-refractivity contribution in [3.8, 4) is 28.5 Å². The Morgan fingerprint density at radius 3 is 1.91 bits per heavy atom. The quantitative estimate of drug-likeness (QED) is 0.757. The number of aromatic nitrogens is 2. The summed E-state index contributed by atoms with van der Waals surface area (Å²) in [6.45, 7) is 0. The minimum absolute atomic E-state index is 0.0131. The second-order valence-corrected chi connectivity index (χ2v) is 4.89. The van der Waals surface area contributed by atoms with Gasteiger partial charge in [0.05, 0.1) is 5.69 Å². The van der Waals surface area contributed by atoms with Crippen LogP contribution in [0.4, 0.5) is 16.2 Å². The number of nitrogen functional groups attached to an aromatic ring is 2. The molecule has 4 N–H and O–H groups in total. The average molecular weight is 305 g/mol. The highest BCUT2D eigenvalue weighted by Gasteiger charge is 2.13. The fourth-order valence-corrected chi connectivity index (χ4v) is 2.28. The van der Waals surface area contributed by atoms with Gasteiger partial charge in [0.1, 0.15) is 23.3 Å². The first-order chi connectivity index (χ1) is 11.1. The van der Waals surface area contributed by atoms with Crippen molar-refractivity contribution in [3.05, 3.63) is 59.9 Å². The second-order valence-electron chi connectivity index (χ2n) is 4.89. The van der Waals surface area contributed by atoms with E-state index in [1.807, 2.05) is 18.2 Å². The fraction of sp³-hybridized carbons (Fsp3) is 0. The molecular formula is C17H12FN5. The highest BCUT2D eigenvalue weighted by molar-refractivity contribution is 5.75. The zero-order chi connectivity index (χ0) is 16.4. The third-order valence-electron chi connectivity index (χ3n) is 3.40. The molecule has 3 rings (SSSR count). The number of hydrogen-bond donors (Lipinski definition) is 2. The van der Waals surface area contributed by atoms with Crippen LogP contribution in [0, 0.1) is 17.1 Å². The van der Waals surface area contributed by atoms with Crippen molar-refractivity contribution >= 4 is 11.8 Å². The van der Waals surface area contributed by atoms with E-state index in [9.17, 15) is 9.65 Å². The van der Waals surface area contributed by atoms with Gasteiger partial charge in [0.15, 0.2) is 0 Å². The van der Waals surface area contributed by atoms with Crippen molar-refractivity contribution < 1.29 is 4.39 Å². The molecule has 6 heteroatoms. The Hall–Kier alpha value is -3.46. The molecule has 23 heavy (non-hydrogen) atoms. The molecule has 3 aromatic rings. The van der Waals surface area contributed by atoms with Gasteiger partial charge in [-0.05, 0) is 23.3 Å². The molecule has 2 aromatic carbocycles. The maximum Gasteiger partial charge on any atom is 0.222 e. The average Bonchev–Trinajstić information content (AvgIpc) is 2.55. The number of hydrogen-bond acceptors (Lipinski definition) is 5.